The second-order valence-electron chi connectivity index (χ2n) is 6.18. The van der Waals surface area contributed by atoms with Crippen LogP contribution < -0.4 is 10.0 Å². The van der Waals surface area contributed by atoms with Crippen molar-refractivity contribution in [2.75, 3.05) is 5.32 Å². The monoisotopic (exact) mass is 408 g/mol. The van der Waals surface area contributed by atoms with Crippen molar-refractivity contribution in [2.45, 2.75) is 37.8 Å². The molecule has 0 aliphatic carbocycles. The number of benzene rings is 2. The molecule has 28 heavy (non-hydrogen) atoms. The number of ether oxygens (including phenoxy) is 1. The van der Waals surface area contributed by atoms with Gasteiger partial charge in [0.15, 0.2) is 0 Å². The minimum absolute atomic E-state index is 0.0622. The van der Waals surface area contributed by atoms with Crippen LogP contribution in [0.3, 0.4) is 0 Å². The van der Waals surface area contributed by atoms with E-state index in [0.29, 0.717) is 11.3 Å². The molecule has 9 heteroatoms. The predicted octanol–water partition coefficient (Wildman–Crippen LogP) is 2.76. The summed E-state index contributed by atoms with van der Waals surface area (Å²) in [6.07, 6.45) is -0.669. The quantitative estimate of drug-likeness (QED) is 0.686. The first kappa shape index (κ1) is 21.5. The van der Waals surface area contributed by atoms with Gasteiger partial charge in [0, 0.05) is 12.6 Å². The number of nitrogens with one attached hydrogen (secondary N) is 2. The normalized spacial score (nSPS) is 13.4. The number of carbonyl (C=O) groups is 2. The molecular weight excluding hydrogens is 387 g/mol. The van der Waals surface area contributed by atoms with E-state index in [1.54, 1.807) is 6.92 Å². The maximum absolute atomic E-state index is 13.0. The van der Waals surface area contributed by atoms with Crippen molar-refractivity contribution in [1.82, 2.24) is 4.72 Å². The summed E-state index contributed by atoms with van der Waals surface area (Å²) < 4.78 is 45.3. The highest BCUT2D eigenvalue weighted by atomic mass is 32.2. The van der Waals surface area contributed by atoms with E-state index in [0.717, 1.165) is 0 Å². The molecule has 0 heterocycles. The van der Waals surface area contributed by atoms with Crippen LogP contribution in [0.25, 0.3) is 0 Å². The number of hydrogen-bond acceptors (Lipinski definition) is 5. The van der Waals surface area contributed by atoms with Crippen LogP contribution in [0.5, 0.6) is 0 Å². The standard InChI is InChI=1S/C19H21FN2O5S/c1-12(19(24)27-13(2)15-4-6-16(20)7-5-15)22-28(25,26)18-10-8-17(9-11-18)21-14(3)23/h4-13,22H,1-3H3,(H,21,23)/t12-,13+/m0/s1. The lowest BCUT2D eigenvalue weighted by molar-refractivity contribution is -0.150. The van der Waals surface area contributed by atoms with Gasteiger partial charge in [0.2, 0.25) is 15.9 Å². The molecule has 0 aromatic heterocycles. The number of esters is 1. The fourth-order valence-electron chi connectivity index (χ4n) is 2.35. The smallest absolute Gasteiger partial charge is 0.324 e. The van der Waals surface area contributed by atoms with Crippen LogP contribution in [0.1, 0.15) is 32.4 Å². The van der Waals surface area contributed by atoms with Crippen LogP contribution in [-0.2, 0) is 24.3 Å². The Morgan fingerprint density at radius 1 is 1.00 bits per heavy atom. The molecular formula is C19H21FN2O5S. The lowest BCUT2D eigenvalue weighted by atomic mass is 10.1. The van der Waals surface area contributed by atoms with Gasteiger partial charge in [-0.3, -0.25) is 9.59 Å². The number of rotatable bonds is 7. The maximum Gasteiger partial charge on any atom is 0.324 e. The summed E-state index contributed by atoms with van der Waals surface area (Å²) in [5.74, 6) is -1.46. The van der Waals surface area contributed by atoms with Crippen molar-refractivity contribution in [1.29, 1.82) is 0 Å². The Balaban J connectivity index is 2.01. The number of anilines is 1. The molecule has 0 aliphatic rings. The van der Waals surface area contributed by atoms with E-state index < -0.39 is 34.0 Å². The van der Waals surface area contributed by atoms with E-state index in [-0.39, 0.29) is 10.8 Å². The number of hydrogen-bond donors (Lipinski definition) is 2. The zero-order valence-corrected chi connectivity index (χ0v) is 16.4. The summed E-state index contributed by atoms with van der Waals surface area (Å²) in [5.41, 5.74) is 1.03. The van der Waals surface area contributed by atoms with Crippen molar-refractivity contribution in [3.8, 4) is 0 Å². The molecule has 0 unspecified atom stereocenters. The zero-order valence-electron chi connectivity index (χ0n) is 15.6. The Bertz CT molecular complexity index is 943. The van der Waals surface area contributed by atoms with Crippen molar-refractivity contribution in [3.05, 3.63) is 59.9 Å². The largest absolute Gasteiger partial charge is 0.457 e. The van der Waals surface area contributed by atoms with Crippen LogP contribution in [0.4, 0.5) is 10.1 Å². The SMILES string of the molecule is CC(=O)Nc1ccc(S(=O)(=O)N[C@@H](C)C(=O)O[C@H](C)c2ccc(F)cc2)cc1. The maximum atomic E-state index is 13.0. The third-order valence-electron chi connectivity index (χ3n) is 3.80. The van der Waals surface area contributed by atoms with Crippen LogP contribution in [0.2, 0.25) is 0 Å². The molecule has 2 aromatic carbocycles. The molecule has 0 radical (unpaired) electrons. The summed E-state index contributed by atoms with van der Waals surface area (Å²) in [5, 5.41) is 2.53. The summed E-state index contributed by atoms with van der Waals surface area (Å²) in [6.45, 7) is 4.31. The molecule has 2 N–H and O–H groups in total. The fourth-order valence-corrected chi connectivity index (χ4v) is 3.54. The second kappa shape index (κ2) is 8.94. The van der Waals surface area contributed by atoms with Crippen LogP contribution in [0.15, 0.2) is 53.4 Å². The molecule has 0 bridgehead atoms. The Morgan fingerprint density at radius 2 is 1.57 bits per heavy atom. The van der Waals surface area contributed by atoms with Gasteiger partial charge >= 0.3 is 5.97 Å². The Morgan fingerprint density at radius 3 is 2.11 bits per heavy atom. The predicted molar refractivity (Wildman–Crippen MR) is 101 cm³/mol. The average Bonchev–Trinajstić information content (AvgIpc) is 2.61. The molecule has 0 spiro atoms. The number of carbonyl (C=O) groups excluding carboxylic acids is 2. The minimum atomic E-state index is -3.97. The Labute approximate surface area is 163 Å². The summed E-state index contributed by atoms with van der Waals surface area (Å²) in [4.78, 5) is 23.2. The fraction of sp³-hybridized carbons (Fsp3) is 0.263. The van der Waals surface area contributed by atoms with E-state index in [1.165, 1.54) is 62.4 Å². The first-order chi connectivity index (χ1) is 13.1. The van der Waals surface area contributed by atoms with Gasteiger partial charge in [0.1, 0.15) is 18.0 Å². The Kier molecular flexibility index (Phi) is 6.87. The third-order valence-corrected chi connectivity index (χ3v) is 5.36. The van der Waals surface area contributed by atoms with Crippen molar-refractivity contribution < 1.29 is 27.1 Å². The van der Waals surface area contributed by atoms with Crippen molar-refractivity contribution in [2.24, 2.45) is 0 Å². The van der Waals surface area contributed by atoms with Gasteiger partial charge in [-0.1, -0.05) is 12.1 Å². The third kappa shape index (κ3) is 5.86. The highest BCUT2D eigenvalue weighted by Crippen LogP contribution is 2.19. The van der Waals surface area contributed by atoms with Crippen LogP contribution >= 0.6 is 0 Å². The van der Waals surface area contributed by atoms with Gasteiger partial charge in [0.05, 0.1) is 4.90 Å². The molecule has 0 saturated carbocycles. The highest BCUT2D eigenvalue weighted by Gasteiger charge is 2.24. The molecule has 2 aromatic rings. The lowest BCUT2D eigenvalue weighted by Gasteiger charge is -2.18. The Hall–Kier alpha value is -2.78. The molecule has 7 nitrogen and oxygen atoms in total. The molecule has 0 aliphatic heterocycles. The highest BCUT2D eigenvalue weighted by molar-refractivity contribution is 7.89. The van der Waals surface area contributed by atoms with E-state index in [2.05, 4.69) is 10.0 Å². The van der Waals surface area contributed by atoms with Gasteiger partial charge in [-0.05, 0) is 55.8 Å². The van der Waals surface area contributed by atoms with E-state index in [9.17, 15) is 22.4 Å². The molecule has 1 amide bonds. The van der Waals surface area contributed by atoms with E-state index in [1.807, 2.05) is 0 Å². The zero-order chi connectivity index (χ0) is 20.9. The number of amides is 1. The van der Waals surface area contributed by atoms with E-state index in [4.69, 9.17) is 4.74 Å². The molecule has 150 valence electrons. The van der Waals surface area contributed by atoms with Crippen molar-refractivity contribution in [3.63, 3.8) is 0 Å². The van der Waals surface area contributed by atoms with Crippen LogP contribution in [-0.4, -0.2) is 26.3 Å². The summed E-state index contributed by atoms with van der Waals surface area (Å²) >= 11 is 0. The van der Waals surface area contributed by atoms with Gasteiger partial charge < -0.3 is 10.1 Å². The topological polar surface area (TPSA) is 102 Å². The average molecular weight is 408 g/mol. The molecule has 0 saturated heterocycles. The van der Waals surface area contributed by atoms with Crippen molar-refractivity contribution >= 4 is 27.6 Å². The number of halogens is 1. The molecule has 2 rings (SSSR count). The second-order valence-corrected chi connectivity index (χ2v) is 7.89. The molecule has 0 fully saturated rings. The first-order valence-corrected chi connectivity index (χ1v) is 9.93. The van der Waals surface area contributed by atoms with Gasteiger partial charge in [0.25, 0.3) is 0 Å². The van der Waals surface area contributed by atoms with Gasteiger partial charge in [-0.25, -0.2) is 12.8 Å². The van der Waals surface area contributed by atoms with Gasteiger partial charge in [-0.15, -0.1) is 0 Å². The van der Waals surface area contributed by atoms with Crippen LogP contribution in [0, 0.1) is 5.82 Å². The lowest BCUT2D eigenvalue weighted by Crippen LogP contribution is -2.39. The number of sulfonamides is 1. The minimum Gasteiger partial charge on any atom is -0.457 e. The molecule has 2 atom stereocenters. The van der Waals surface area contributed by atoms with Gasteiger partial charge in [-0.2, -0.15) is 4.72 Å². The summed E-state index contributed by atoms with van der Waals surface area (Å²) in [7, 11) is -3.97. The summed E-state index contributed by atoms with van der Waals surface area (Å²) in [6, 6.07) is 9.83. The first-order valence-electron chi connectivity index (χ1n) is 8.44. The van der Waals surface area contributed by atoms with E-state index >= 15 is 0 Å².